The minimum atomic E-state index is -4.46. The Hall–Kier alpha value is -3.89. The number of halogens is 5. The number of piperidine rings is 1. The number of aryl methyl sites for hydroxylation is 1. The molecule has 12 nitrogen and oxygen atoms in total. The standard InChI is InChI=1S/C31H40F5N9O3/c1-4-44-24(7-10-38-44)28(47)40-25(19-5-8-30(32,33)9-6-19)23-16-45-29(39-23)41-26(43-14-17(2)48-18(3)15-43)22(42-45)12-20-11-21(31(34,35)36)13-37-27(20)46/h7,10,16-21,25H,4-6,8-9,11-15H2,1-3H3,(H,37,46)(H,40,47)/t17-,18-,20-,21-,25+/m1/s1. The van der Waals surface area contributed by atoms with Crippen LogP contribution in [0.2, 0.25) is 0 Å². The van der Waals surface area contributed by atoms with Crippen LogP contribution in [0.3, 0.4) is 0 Å². The summed E-state index contributed by atoms with van der Waals surface area (Å²) < 4.78 is 78.1. The van der Waals surface area contributed by atoms with Crippen molar-refractivity contribution in [1.82, 2.24) is 40.0 Å². The van der Waals surface area contributed by atoms with Gasteiger partial charge in [0.15, 0.2) is 5.82 Å². The lowest BCUT2D eigenvalue weighted by atomic mass is 9.81. The molecule has 2 N–H and O–H groups in total. The zero-order valence-corrected chi connectivity index (χ0v) is 27.0. The Morgan fingerprint density at radius 3 is 2.54 bits per heavy atom. The van der Waals surface area contributed by atoms with Crippen LogP contribution in [-0.4, -0.2) is 85.1 Å². The van der Waals surface area contributed by atoms with Gasteiger partial charge in [-0.2, -0.15) is 28.4 Å². The lowest BCUT2D eigenvalue weighted by molar-refractivity contribution is -0.183. The van der Waals surface area contributed by atoms with Crippen molar-refractivity contribution >= 4 is 23.4 Å². The van der Waals surface area contributed by atoms with Crippen molar-refractivity contribution < 1.29 is 36.3 Å². The maximum Gasteiger partial charge on any atom is 0.393 e. The second kappa shape index (κ2) is 13.2. The fourth-order valence-electron chi connectivity index (χ4n) is 7.13. The van der Waals surface area contributed by atoms with Gasteiger partial charge in [0, 0.05) is 57.6 Å². The van der Waals surface area contributed by atoms with E-state index >= 15 is 0 Å². The van der Waals surface area contributed by atoms with Gasteiger partial charge in [-0.15, -0.1) is 0 Å². The Morgan fingerprint density at radius 1 is 1.17 bits per heavy atom. The summed E-state index contributed by atoms with van der Waals surface area (Å²) in [5.74, 6) is -6.20. The molecule has 1 saturated carbocycles. The number of anilines is 1. The summed E-state index contributed by atoms with van der Waals surface area (Å²) in [6.07, 6.45) is -2.58. The van der Waals surface area contributed by atoms with Crippen LogP contribution in [0.15, 0.2) is 18.5 Å². The molecular formula is C31H40F5N9O3. The van der Waals surface area contributed by atoms with E-state index in [1.54, 1.807) is 12.3 Å². The second-order valence-corrected chi connectivity index (χ2v) is 13.3. The normalized spacial score (nSPS) is 26.0. The molecule has 1 aliphatic carbocycles. The maximum absolute atomic E-state index is 14.2. The first kappa shape index (κ1) is 34.0. The van der Waals surface area contributed by atoms with E-state index in [0.717, 1.165) is 0 Å². The van der Waals surface area contributed by atoms with Crippen LogP contribution in [0.4, 0.5) is 27.8 Å². The predicted octanol–water partition coefficient (Wildman–Crippen LogP) is 4.11. The third-order valence-corrected chi connectivity index (χ3v) is 9.55. The van der Waals surface area contributed by atoms with Crippen LogP contribution < -0.4 is 15.5 Å². The van der Waals surface area contributed by atoms with Crippen molar-refractivity contribution in [1.29, 1.82) is 0 Å². The number of amides is 2. The Balaban J connectivity index is 1.38. The minimum Gasteiger partial charge on any atom is -0.372 e. The molecule has 5 atom stereocenters. The lowest BCUT2D eigenvalue weighted by Gasteiger charge is -2.37. The monoisotopic (exact) mass is 681 g/mol. The Kier molecular flexibility index (Phi) is 9.34. The molecule has 2 amide bonds. The topological polar surface area (TPSA) is 132 Å². The smallest absolute Gasteiger partial charge is 0.372 e. The molecule has 5 heterocycles. The molecule has 262 valence electrons. The van der Waals surface area contributed by atoms with Gasteiger partial charge in [0.2, 0.25) is 11.8 Å². The van der Waals surface area contributed by atoms with Gasteiger partial charge in [-0.25, -0.2) is 18.3 Å². The number of nitrogens with zero attached hydrogens (tertiary/aromatic N) is 7. The number of imidazole rings is 1. The quantitative estimate of drug-likeness (QED) is 0.340. The SMILES string of the molecule is CCn1nccc1C(=O)N[C@H](c1cn2nc(C[C@H]3C[C@@H](C(F)(F)F)CNC3=O)c(N3C[C@@H](C)O[C@H](C)C3)nc2n1)C1CCC(F)(F)CC1. The maximum atomic E-state index is 14.2. The molecule has 3 aromatic rings. The fourth-order valence-corrected chi connectivity index (χ4v) is 7.13. The van der Waals surface area contributed by atoms with E-state index in [0.29, 0.717) is 42.5 Å². The molecule has 2 saturated heterocycles. The Bertz CT molecular complexity index is 1620. The van der Waals surface area contributed by atoms with Crippen molar-refractivity contribution in [3.63, 3.8) is 0 Å². The average molecular weight is 682 g/mol. The van der Waals surface area contributed by atoms with E-state index in [9.17, 15) is 31.5 Å². The molecule has 17 heteroatoms. The third kappa shape index (κ3) is 7.25. The summed E-state index contributed by atoms with van der Waals surface area (Å²) in [5.41, 5.74) is 0.993. The lowest BCUT2D eigenvalue weighted by Crippen LogP contribution is -2.48. The highest BCUT2D eigenvalue weighted by molar-refractivity contribution is 5.92. The van der Waals surface area contributed by atoms with Crippen LogP contribution in [-0.2, 0) is 22.5 Å². The van der Waals surface area contributed by atoms with E-state index in [2.05, 4.69) is 15.7 Å². The van der Waals surface area contributed by atoms with E-state index in [1.165, 1.54) is 15.4 Å². The molecule has 0 radical (unpaired) electrons. The summed E-state index contributed by atoms with van der Waals surface area (Å²) in [4.78, 5) is 37.7. The van der Waals surface area contributed by atoms with Gasteiger partial charge in [0.05, 0.1) is 36.1 Å². The molecule has 2 aliphatic heterocycles. The van der Waals surface area contributed by atoms with Crippen LogP contribution in [0.25, 0.3) is 5.78 Å². The molecule has 3 fully saturated rings. The van der Waals surface area contributed by atoms with Gasteiger partial charge in [-0.05, 0) is 52.0 Å². The molecule has 6 rings (SSSR count). The summed E-state index contributed by atoms with van der Waals surface area (Å²) in [7, 11) is 0. The number of alkyl halides is 5. The summed E-state index contributed by atoms with van der Waals surface area (Å²) in [6, 6.07) is 0.815. The minimum absolute atomic E-state index is 0.0940. The molecule has 48 heavy (non-hydrogen) atoms. The number of fused-ring (bicyclic) bond motifs is 1. The highest BCUT2D eigenvalue weighted by atomic mass is 19.4. The van der Waals surface area contributed by atoms with Gasteiger partial charge in [0.25, 0.3) is 11.7 Å². The van der Waals surface area contributed by atoms with Crippen molar-refractivity contribution in [2.75, 3.05) is 24.5 Å². The van der Waals surface area contributed by atoms with Crippen molar-refractivity contribution in [2.45, 2.75) is 96.2 Å². The predicted molar refractivity (Wildman–Crippen MR) is 162 cm³/mol. The molecule has 0 aromatic carbocycles. The number of hydrogen-bond donors (Lipinski definition) is 2. The van der Waals surface area contributed by atoms with E-state index in [-0.39, 0.29) is 62.4 Å². The first-order valence-corrected chi connectivity index (χ1v) is 16.4. The number of morpholine rings is 1. The zero-order valence-electron chi connectivity index (χ0n) is 27.0. The summed E-state index contributed by atoms with van der Waals surface area (Å²) >= 11 is 0. The fraction of sp³-hybridized carbons (Fsp3) is 0.677. The summed E-state index contributed by atoms with van der Waals surface area (Å²) in [6.45, 7) is 6.47. The second-order valence-electron chi connectivity index (χ2n) is 13.3. The van der Waals surface area contributed by atoms with Crippen LogP contribution in [0.5, 0.6) is 0 Å². The Morgan fingerprint density at radius 2 is 1.88 bits per heavy atom. The van der Waals surface area contributed by atoms with E-state index in [4.69, 9.17) is 19.8 Å². The van der Waals surface area contributed by atoms with Crippen LogP contribution in [0, 0.1) is 17.8 Å². The molecule has 0 bridgehead atoms. The molecule has 3 aromatic heterocycles. The summed E-state index contributed by atoms with van der Waals surface area (Å²) in [5, 5.41) is 14.3. The molecule has 0 spiro atoms. The molecule has 0 unspecified atom stereocenters. The number of hydrogen-bond acceptors (Lipinski definition) is 8. The van der Waals surface area contributed by atoms with Gasteiger partial charge in [-0.3, -0.25) is 14.3 Å². The Labute approximate surface area is 273 Å². The van der Waals surface area contributed by atoms with Crippen LogP contribution >= 0.6 is 0 Å². The first-order chi connectivity index (χ1) is 22.7. The third-order valence-electron chi connectivity index (χ3n) is 9.55. The van der Waals surface area contributed by atoms with Crippen molar-refractivity contribution in [2.24, 2.45) is 17.8 Å². The molecule has 3 aliphatic rings. The van der Waals surface area contributed by atoms with Gasteiger partial charge in [-0.1, -0.05) is 0 Å². The van der Waals surface area contributed by atoms with Gasteiger partial charge < -0.3 is 20.3 Å². The highest BCUT2D eigenvalue weighted by Crippen LogP contribution is 2.42. The van der Waals surface area contributed by atoms with Gasteiger partial charge >= 0.3 is 6.18 Å². The number of ether oxygens (including phenoxy) is 1. The first-order valence-electron chi connectivity index (χ1n) is 16.4. The number of carbonyl (C=O) groups excluding carboxylic acids is 2. The number of carbonyl (C=O) groups is 2. The average Bonchev–Trinajstić information content (AvgIpc) is 3.66. The number of aromatic nitrogens is 6. The zero-order chi connectivity index (χ0) is 34.4. The van der Waals surface area contributed by atoms with Crippen molar-refractivity contribution in [3.05, 3.63) is 35.5 Å². The van der Waals surface area contributed by atoms with Crippen LogP contribution in [0.1, 0.15) is 80.8 Å². The van der Waals surface area contributed by atoms with E-state index in [1.807, 2.05) is 25.7 Å². The van der Waals surface area contributed by atoms with E-state index < -0.39 is 48.3 Å². The largest absolute Gasteiger partial charge is 0.393 e. The number of rotatable bonds is 8. The molecular weight excluding hydrogens is 641 g/mol. The highest BCUT2D eigenvalue weighted by Gasteiger charge is 2.45. The van der Waals surface area contributed by atoms with Crippen molar-refractivity contribution in [3.8, 4) is 0 Å². The number of nitrogens with one attached hydrogen (secondary N) is 2. The van der Waals surface area contributed by atoms with Gasteiger partial charge in [0.1, 0.15) is 11.4 Å².